The van der Waals surface area contributed by atoms with Gasteiger partial charge in [0.2, 0.25) is 0 Å². The fourth-order valence-corrected chi connectivity index (χ4v) is 8.59. The van der Waals surface area contributed by atoms with Gasteiger partial charge < -0.3 is 14.5 Å². The number of nitrogens with zero attached hydrogens (tertiary/aromatic N) is 2. The maximum absolute atomic E-state index is 7.20. The SMILES string of the molecule is CC(C)(C)c1ccc(N2c3cc(C(C)(C)C)ccc3B3c4ccc(C(C)(C)C)cc4Oc4cc(N(c5ccccc5)c5cccc6ccccc56)cc2c43)cc1. The van der Waals surface area contributed by atoms with E-state index >= 15 is 0 Å². The van der Waals surface area contributed by atoms with E-state index in [1.54, 1.807) is 0 Å². The van der Waals surface area contributed by atoms with Gasteiger partial charge >= 0.3 is 0 Å². The van der Waals surface area contributed by atoms with Crippen LogP contribution in [0.1, 0.15) is 79.0 Å². The topological polar surface area (TPSA) is 15.7 Å². The molecule has 0 unspecified atom stereocenters. The summed E-state index contributed by atoms with van der Waals surface area (Å²) >= 11 is 0. The minimum Gasteiger partial charge on any atom is -0.458 e. The molecule has 0 spiro atoms. The van der Waals surface area contributed by atoms with E-state index in [2.05, 4.69) is 218 Å². The highest BCUT2D eigenvalue weighted by Gasteiger charge is 2.43. The largest absolute Gasteiger partial charge is 0.458 e. The molecule has 0 atom stereocenters. The molecular formula is C52H51BN2O. The van der Waals surface area contributed by atoms with Crippen LogP contribution < -0.4 is 30.9 Å². The van der Waals surface area contributed by atoms with Crippen LogP contribution in [0.15, 0.2) is 146 Å². The van der Waals surface area contributed by atoms with Gasteiger partial charge in [-0.3, -0.25) is 0 Å². The highest BCUT2D eigenvalue weighted by molar-refractivity contribution is 6.99. The van der Waals surface area contributed by atoms with Crippen molar-refractivity contribution in [3.8, 4) is 11.5 Å². The molecule has 0 amide bonds. The second-order valence-electron chi connectivity index (χ2n) is 18.7. The van der Waals surface area contributed by atoms with Crippen LogP contribution in [0, 0.1) is 0 Å². The predicted molar refractivity (Wildman–Crippen MR) is 241 cm³/mol. The molecule has 2 heterocycles. The molecule has 3 nitrogen and oxygen atoms in total. The molecule has 7 aromatic rings. The van der Waals surface area contributed by atoms with Crippen molar-refractivity contribution in [1.29, 1.82) is 0 Å². The maximum Gasteiger partial charge on any atom is 0.256 e. The van der Waals surface area contributed by atoms with Crippen LogP contribution in [0.2, 0.25) is 0 Å². The van der Waals surface area contributed by atoms with E-state index in [0.29, 0.717) is 0 Å². The van der Waals surface area contributed by atoms with Crippen LogP contribution in [0.4, 0.5) is 34.1 Å². The first-order valence-electron chi connectivity index (χ1n) is 20.1. The van der Waals surface area contributed by atoms with Gasteiger partial charge in [-0.15, -0.1) is 0 Å². The average Bonchev–Trinajstić information content (AvgIpc) is 3.17. The van der Waals surface area contributed by atoms with Gasteiger partial charge in [-0.05, 0) is 103 Å². The minimum absolute atomic E-state index is 0.00339. The average molecular weight is 731 g/mol. The summed E-state index contributed by atoms with van der Waals surface area (Å²) in [6, 6.07) is 54.0. The number of rotatable bonds is 4. The monoisotopic (exact) mass is 730 g/mol. The Morgan fingerprint density at radius 1 is 0.482 bits per heavy atom. The van der Waals surface area contributed by atoms with Gasteiger partial charge in [-0.1, -0.05) is 153 Å². The lowest BCUT2D eigenvalue weighted by Gasteiger charge is -2.42. The van der Waals surface area contributed by atoms with Crippen molar-refractivity contribution in [3.63, 3.8) is 0 Å². The molecule has 9 rings (SSSR count). The fourth-order valence-electron chi connectivity index (χ4n) is 8.59. The zero-order valence-electron chi connectivity index (χ0n) is 34.2. The molecule has 0 aromatic heterocycles. The predicted octanol–water partition coefficient (Wildman–Crippen LogP) is 12.6. The van der Waals surface area contributed by atoms with E-state index in [4.69, 9.17) is 4.74 Å². The molecule has 0 saturated heterocycles. The first-order valence-corrected chi connectivity index (χ1v) is 20.1. The van der Waals surface area contributed by atoms with E-state index in [0.717, 1.165) is 39.9 Å². The zero-order valence-corrected chi connectivity index (χ0v) is 34.2. The van der Waals surface area contributed by atoms with Gasteiger partial charge in [0.15, 0.2) is 0 Å². The van der Waals surface area contributed by atoms with Gasteiger partial charge in [0.05, 0.1) is 11.4 Å². The quantitative estimate of drug-likeness (QED) is 0.168. The van der Waals surface area contributed by atoms with Crippen molar-refractivity contribution >= 4 is 68.0 Å². The van der Waals surface area contributed by atoms with E-state index in [1.807, 2.05) is 0 Å². The van der Waals surface area contributed by atoms with Crippen LogP contribution in [0.3, 0.4) is 0 Å². The third kappa shape index (κ3) is 6.07. The second-order valence-corrected chi connectivity index (χ2v) is 18.7. The highest BCUT2D eigenvalue weighted by atomic mass is 16.5. The molecule has 0 saturated carbocycles. The molecule has 4 heteroatoms. The van der Waals surface area contributed by atoms with Gasteiger partial charge in [-0.2, -0.15) is 0 Å². The number of para-hydroxylation sites is 1. The molecule has 0 aliphatic carbocycles. The van der Waals surface area contributed by atoms with Gasteiger partial charge in [0.1, 0.15) is 11.5 Å². The van der Waals surface area contributed by atoms with E-state index in [-0.39, 0.29) is 23.0 Å². The molecule has 0 radical (unpaired) electrons. The standard InChI is InChI=1S/C52H51BN2O/c1-50(2,3)35-22-26-39(27-23-35)55-45-30-36(51(4,5)6)24-28-42(45)53-43-29-25-37(52(7,8)9)31-47(43)56-48-33-40(32-46(55)49(48)53)54(38-18-11-10-12-19-38)44-21-15-17-34-16-13-14-20-41(34)44/h10-33H,1-9H3. The van der Waals surface area contributed by atoms with Gasteiger partial charge in [-0.25, -0.2) is 0 Å². The van der Waals surface area contributed by atoms with E-state index in [1.165, 1.54) is 49.5 Å². The lowest BCUT2D eigenvalue weighted by Crippen LogP contribution is -2.59. The Morgan fingerprint density at radius 2 is 1.09 bits per heavy atom. The van der Waals surface area contributed by atoms with E-state index < -0.39 is 0 Å². The number of benzene rings is 7. The van der Waals surface area contributed by atoms with Gasteiger partial charge in [0.25, 0.3) is 6.71 Å². The Labute approximate surface area is 333 Å². The van der Waals surface area contributed by atoms with Crippen molar-refractivity contribution in [1.82, 2.24) is 0 Å². The molecule has 2 aliphatic heterocycles. The molecule has 2 aliphatic rings. The lowest BCUT2D eigenvalue weighted by molar-refractivity contribution is 0.483. The summed E-state index contributed by atoms with van der Waals surface area (Å²) in [5.74, 6) is 1.83. The molecule has 0 bridgehead atoms. The molecule has 0 fully saturated rings. The van der Waals surface area contributed by atoms with Crippen molar-refractivity contribution in [2.45, 2.75) is 78.6 Å². The number of hydrogen-bond donors (Lipinski definition) is 0. The van der Waals surface area contributed by atoms with E-state index in [9.17, 15) is 0 Å². The minimum atomic E-state index is -0.0300. The Bertz CT molecular complexity index is 2620. The van der Waals surface area contributed by atoms with Crippen LogP contribution in [0.25, 0.3) is 10.8 Å². The van der Waals surface area contributed by atoms with Crippen molar-refractivity contribution < 1.29 is 4.74 Å². The Hall–Kier alpha value is -5.74. The van der Waals surface area contributed by atoms with Crippen LogP contribution in [0.5, 0.6) is 11.5 Å². The number of anilines is 6. The lowest BCUT2D eigenvalue weighted by atomic mass is 9.34. The molecule has 7 aromatic carbocycles. The highest BCUT2D eigenvalue weighted by Crippen LogP contribution is 2.47. The third-order valence-electron chi connectivity index (χ3n) is 11.8. The molecule has 0 N–H and O–H groups in total. The van der Waals surface area contributed by atoms with Crippen molar-refractivity contribution in [3.05, 3.63) is 162 Å². The first-order chi connectivity index (χ1) is 26.7. The summed E-state index contributed by atoms with van der Waals surface area (Å²) in [7, 11) is 0. The Kier molecular flexibility index (Phi) is 8.29. The van der Waals surface area contributed by atoms with Crippen molar-refractivity contribution in [2.75, 3.05) is 9.80 Å². The normalized spacial score (nSPS) is 13.5. The number of hydrogen-bond acceptors (Lipinski definition) is 3. The van der Waals surface area contributed by atoms with Crippen molar-refractivity contribution in [2.24, 2.45) is 0 Å². The molecular weight excluding hydrogens is 679 g/mol. The third-order valence-corrected chi connectivity index (χ3v) is 11.8. The summed E-state index contributed by atoms with van der Waals surface area (Å²) in [6.07, 6.45) is 0. The Balaban J connectivity index is 1.37. The van der Waals surface area contributed by atoms with Crippen LogP contribution >= 0.6 is 0 Å². The van der Waals surface area contributed by atoms with Gasteiger partial charge in [0, 0.05) is 34.2 Å². The van der Waals surface area contributed by atoms with Crippen LogP contribution in [-0.2, 0) is 16.2 Å². The summed E-state index contributed by atoms with van der Waals surface area (Å²) in [6.45, 7) is 20.6. The summed E-state index contributed by atoms with van der Waals surface area (Å²) in [5.41, 5.74) is 14.3. The summed E-state index contributed by atoms with van der Waals surface area (Å²) in [5, 5.41) is 2.40. The number of ether oxygens (including phenoxy) is 1. The summed E-state index contributed by atoms with van der Waals surface area (Å²) in [4.78, 5) is 4.90. The number of fused-ring (bicyclic) bond motifs is 5. The fraction of sp³-hybridized carbons (Fsp3) is 0.231. The molecule has 278 valence electrons. The smallest absolute Gasteiger partial charge is 0.256 e. The maximum atomic E-state index is 7.20. The zero-order chi connectivity index (χ0) is 39.1. The Morgan fingerprint density at radius 3 is 1.79 bits per heavy atom. The molecule has 56 heavy (non-hydrogen) atoms. The second kappa shape index (κ2) is 12.9. The van der Waals surface area contributed by atoms with Crippen LogP contribution in [-0.4, -0.2) is 6.71 Å². The first kappa shape index (κ1) is 35.9. The summed E-state index contributed by atoms with van der Waals surface area (Å²) < 4.78 is 7.20.